The Bertz CT molecular complexity index is 442. The first-order chi connectivity index (χ1) is 8.08. The van der Waals surface area contributed by atoms with E-state index in [9.17, 15) is 4.79 Å². The molecule has 1 fully saturated rings. The first-order valence-electron chi connectivity index (χ1n) is 5.53. The van der Waals surface area contributed by atoms with Crippen LogP contribution in [-0.2, 0) is 4.74 Å². The lowest BCUT2D eigenvalue weighted by atomic mass is 10.2. The van der Waals surface area contributed by atoms with E-state index in [2.05, 4.69) is 31.9 Å². The Kier molecular flexibility index (Phi) is 4.09. The van der Waals surface area contributed by atoms with Crippen molar-refractivity contribution in [3.05, 3.63) is 26.6 Å². The van der Waals surface area contributed by atoms with Gasteiger partial charge in [-0.1, -0.05) is 15.9 Å². The van der Waals surface area contributed by atoms with Crippen LogP contribution in [0.2, 0.25) is 0 Å². The van der Waals surface area contributed by atoms with Crippen molar-refractivity contribution in [1.29, 1.82) is 0 Å². The SMILES string of the molecule is Nc1c(Br)cc(Br)cc1C(=O)OC1CCCC1. The third kappa shape index (κ3) is 3.01. The highest BCUT2D eigenvalue weighted by Gasteiger charge is 2.22. The maximum Gasteiger partial charge on any atom is 0.340 e. The highest BCUT2D eigenvalue weighted by molar-refractivity contribution is 9.11. The minimum Gasteiger partial charge on any atom is -0.459 e. The van der Waals surface area contributed by atoms with Gasteiger partial charge in [-0.15, -0.1) is 0 Å². The van der Waals surface area contributed by atoms with Gasteiger partial charge >= 0.3 is 5.97 Å². The first kappa shape index (κ1) is 12.9. The van der Waals surface area contributed by atoms with Gasteiger partial charge in [0, 0.05) is 8.95 Å². The fourth-order valence-electron chi connectivity index (χ4n) is 1.97. The molecular weight excluding hydrogens is 350 g/mol. The topological polar surface area (TPSA) is 52.3 Å². The van der Waals surface area contributed by atoms with Crippen molar-refractivity contribution in [1.82, 2.24) is 0 Å². The number of anilines is 1. The third-order valence-electron chi connectivity index (χ3n) is 2.89. The highest BCUT2D eigenvalue weighted by atomic mass is 79.9. The van der Waals surface area contributed by atoms with Crippen molar-refractivity contribution in [2.75, 3.05) is 5.73 Å². The number of ether oxygens (including phenoxy) is 1. The van der Waals surface area contributed by atoms with Crippen LogP contribution in [-0.4, -0.2) is 12.1 Å². The van der Waals surface area contributed by atoms with E-state index < -0.39 is 0 Å². The van der Waals surface area contributed by atoms with Crippen molar-refractivity contribution >= 4 is 43.5 Å². The number of esters is 1. The molecule has 0 saturated heterocycles. The Morgan fingerprint density at radius 1 is 1.29 bits per heavy atom. The maximum absolute atomic E-state index is 12.0. The van der Waals surface area contributed by atoms with E-state index in [1.54, 1.807) is 6.07 Å². The normalized spacial score (nSPS) is 16.1. The summed E-state index contributed by atoms with van der Waals surface area (Å²) in [5.74, 6) is -0.337. The number of carbonyl (C=O) groups excluding carboxylic acids is 1. The summed E-state index contributed by atoms with van der Waals surface area (Å²) in [5.41, 5.74) is 6.70. The van der Waals surface area contributed by atoms with Crippen LogP contribution < -0.4 is 5.73 Å². The number of hydrogen-bond acceptors (Lipinski definition) is 3. The van der Waals surface area contributed by atoms with Gasteiger partial charge in [-0.25, -0.2) is 4.79 Å². The van der Waals surface area contributed by atoms with Gasteiger partial charge in [0.15, 0.2) is 0 Å². The van der Waals surface area contributed by atoms with Gasteiger partial charge in [0.25, 0.3) is 0 Å². The van der Waals surface area contributed by atoms with E-state index in [0.717, 1.165) is 30.2 Å². The van der Waals surface area contributed by atoms with Crippen LogP contribution in [0.3, 0.4) is 0 Å². The molecule has 2 rings (SSSR count). The van der Waals surface area contributed by atoms with E-state index >= 15 is 0 Å². The van der Waals surface area contributed by atoms with Crippen LogP contribution >= 0.6 is 31.9 Å². The minimum absolute atomic E-state index is 0.0552. The third-order valence-corrected chi connectivity index (χ3v) is 4.00. The molecule has 0 unspecified atom stereocenters. The number of carbonyl (C=O) groups is 1. The standard InChI is InChI=1S/C12H13Br2NO2/c13-7-5-9(11(15)10(14)6-7)12(16)17-8-3-1-2-4-8/h5-6,8H,1-4,15H2. The summed E-state index contributed by atoms with van der Waals surface area (Å²) in [6.45, 7) is 0. The molecule has 1 aliphatic rings. The molecule has 0 amide bonds. The molecule has 0 atom stereocenters. The molecule has 1 saturated carbocycles. The summed E-state index contributed by atoms with van der Waals surface area (Å²) in [5, 5.41) is 0. The van der Waals surface area contributed by atoms with Gasteiger partial charge in [-0.05, 0) is 53.7 Å². The Morgan fingerprint density at radius 2 is 1.94 bits per heavy atom. The monoisotopic (exact) mass is 361 g/mol. The number of rotatable bonds is 2. The van der Waals surface area contributed by atoms with Crippen molar-refractivity contribution in [2.24, 2.45) is 0 Å². The quantitative estimate of drug-likeness (QED) is 0.641. The summed E-state index contributed by atoms with van der Waals surface area (Å²) < 4.78 is 6.93. The summed E-state index contributed by atoms with van der Waals surface area (Å²) in [7, 11) is 0. The lowest BCUT2D eigenvalue weighted by Gasteiger charge is -2.13. The molecule has 5 heteroatoms. The summed E-state index contributed by atoms with van der Waals surface area (Å²) in [4.78, 5) is 12.0. The number of benzene rings is 1. The second kappa shape index (κ2) is 5.40. The number of hydrogen-bond donors (Lipinski definition) is 1. The molecule has 1 aromatic carbocycles. The molecule has 0 radical (unpaired) electrons. The second-order valence-electron chi connectivity index (χ2n) is 4.16. The van der Waals surface area contributed by atoms with Gasteiger partial charge in [0.1, 0.15) is 6.10 Å². The Morgan fingerprint density at radius 3 is 2.59 bits per heavy atom. The van der Waals surface area contributed by atoms with Crippen molar-refractivity contribution in [3.63, 3.8) is 0 Å². The van der Waals surface area contributed by atoms with Crippen molar-refractivity contribution in [2.45, 2.75) is 31.8 Å². The molecule has 0 heterocycles. The zero-order valence-corrected chi connectivity index (χ0v) is 12.4. The molecule has 0 aromatic heterocycles. The molecule has 0 bridgehead atoms. The molecule has 0 aliphatic heterocycles. The van der Waals surface area contributed by atoms with Crippen LogP contribution in [0.4, 0.5) is 5.69 Å². The van der Waals surface area contributed by atoms with Crippen molar-refractivity contribution in [3.8, 4) is 0 Å². The summed E-state index contributed by atoms with van der Waals surface area (Å²) in [6.07, 6.45) is 4.24. The van der Waals surface area contributed by atoms with Crippen LogP contribution in [0.1, 0.15) is 36.0 Å². The summed E-state index contributed by atoms with van der Waals surface area (Å²) in [6, 6.07) is 3.50. The number of halogens is 2. The van der Waals surface area contributed by atoms with Crippen LogP contribution in [0.25, 0.3) is 0 Å². The lowest BCUT2D eigenvalue weighted by molar-refractivity contribution is 0.0319. The van der Waals surface area contributed by atoms with Crippen LogP contribution in [0.5, 0.6) is 0 Å². The van der Waals surface area contributed by atoms with Gasteiger partial charge < -0.3 is 10.5 Å². The van der Waals surface area contributed by atoms with Gasteiger partial charge in [0.2, 0.25) is 0 Å². The van der Waals surface area contributed by atoms with Crippen LogP contribution in [0, 0.1) is 0 Å². The largest absolute Gasteiger partial charge is 0.459 e. The molecule has 1 aliphatic carbocycles. The lowest BCUT2D eigenvalue weighted by Crippen LogP contribution is -2.16. The van der Waals surface area contributed by atoms with Crippen LogP contribution in [0.15, 0.2) is 21.1 Å². The average Bonchev–Trinajstić information content (AvgIpc) is 2.76. The minimum atomic E-state index is -0.337. The average molecular weight is 363 g/mol. The fraction of sp³-hybridized carbons (Fsp3) is 0.417. The zero-order chi connectivity index (χ0) is 12.4. The molecule has 0 spiro atoms. The maximum atomic E-state index is 12.0. The molecule has 17 heavy (non-hydrogen) atoms. The Balaban J connectivity index is 2.18. The predicted octanol–water partition coefficient (Wildman–Crippen LogP) is 3.89. The van der Waals surface area contributed by atoms with Gasteiger partial charge in [-0.3, -0.25) is 0 Å². The summed E-state index contributed by atoms with van der Waals surface area (Å²) >= 11 is 6.65. The number of nitrogens with two attached hydrogens (primary N) is 1. The smallest absolute Gasteiger partial charge is 0.340 e. The van der Waals surface area contributed by atoms with Gasteiger partial charge in [-0.2, -0.15) is 0 Å². The van der Waals surface area contributed by atoms with E-state index in [0.29, 0.717) is 15.7 Å². The fourth-order valence-corrected chi connectivity index (χ4v) is 3.20. The van der Waals surface area contributed by atoms with E-state index in [4.69, 9.17) is 10.5 Å². The van der Waals surface area contributed by atoms with E-state index in [1.165, 1.54) is 0 Å². The molecule has 2 N–H and O–H groups in total. The zero-order valence-electron chi connectivity index (χ0n) is 9.21. The Labute approximate surface area is 117 Å². The molecule has 1 aromatic rings. The van der Waals surface area contributed by atoms with Gasteiger partial charge in [0.05, 0.1) is 11.3 Å². The Hall–Kier alpha value is -0.550. The molecule has 3 nitrogen and oxygen atoms in total. The van der Waals surface area contributed by atoms with E-state index in [1.807, 2.05) is 6.07 Å². The molecular formula is C12H13Br2NO2. The first-order valence-corrected chi connectivity index (χ1v) is 7.12. The van der Waals surface area contributed by atoms with Crippen molar-refractivity contribution < 1.29 is 9.53 Å². The number of nitrogen functional groups attached to an aromatic ring is 1. The molecule has 92 valence electrons. The van der Waals surface area contributed by atoms with E-state index in [-0.39, 0.29) is 12.1 Å². The predicted molar refractivity (Wildman–Crippen MR) is 73.9 cm³/mol. The highest BCUT2D eigenvalue weighted by Crippen LogP contribution is 2.30. The second-order valence-corrected chi connectivity index (χ2v) is 5.93.